The molecule has 0 aromatic heterocycles. The van der Waals surface area contributed by atoms with Gasteiger partial charge in [-0.05, 0) is 36.8 Å². The lowest BCUT2D eigenvalue weighted by atomic mass is 9.99. The van der Waals surface area contributed by atoms with E-state index in [0.29, 0.717) is 25.9 Å². The number of fused-ring (bicyclic) bond motifs is 2. The van der Waals surface area contributed by atoms with Crippen LogP contribution in [0, 0.1) is 0 Å². The Kier molecular flexibility index (Phi) is 7.02. The lowest BCUT2D eigenvalue weighted by Crippen LogP contribution is -2.54. The normalized spacial score (nSPS) is 27.7. The molecule has 0 saturated carbocycles. The Morgan fingerprint density at radius 2 is 1.19 bits per heavy atom. The second-order valence-corrected chi connectivity index (χ2v) is 9.85. The number of hydrogen-bond acceptors (Lipinski definition) is 4. The van der Waals surface area contributed by atoms with Gasteiger partial charge in [-0.15, -0.1) is 0 Å². The Bertz CT molecular complexity index is 1040. The molecule has 8 nitrogen and oxygen atoms in total. The standard InChI is InChI=1S/C28H32N4O4/c33-25-17-21(19-9-3-1-4-10-19)30-27(35)23-13-7-16-32(23)28(36)24-14-8-15-31(24)26(34)18-22(29-25)20-11-5-2-6-12-20/h1-6,9-12,21-24H,7-8,13-18H2,(H,29,33)(H,30,35)/t21-,22-,23-,24-/m0/s1. The second kappa shape index (κ2) is 10.5. The van der Waals surface area contributed by atoms with Gasteiger partial charge in [-0.1, -0.05) is 60.7 Å². The van der Waals surface area contributed by atoms with Crippen molar-refractivity contribution in [1.82, 2.24) is 20.4 Å². The number of amides is 4. The molecule has 0 bridgehead atoms. The van der Waals surface area contributed by atoms with Crippen molar-refractivity contribution in [3.8, 4) is 0 Å². The quantitative estimate of drug-likeness (QED) is 0.679. The molecule has 4 atom stereocenters. The van der Waals surface area contributed by atoms with E-state index in [1.807, 2.05) is 60.7 Å². The molecule has 8 heteroatoms. The first-order valence-corrected chi connectivity index (χ1v) is 12.8. The molecular formula is C28H32N4O4. The molecule has 3 saturated heterocycles. The average molecular weight is 489 g/mol. The van der Waals surface area contributed by atoms with Crippen LogP contribution >= 0.6 is 0 Å². The van der Waals surface area contributed by atoms with E-state index in [1.54, 1.807) is 9.80 Å². The predicted molar refractivity (Wildman–Crippen MR) is 133 cm³/mol. The maximum absolute atomic E-state index is 13.6. The fraction of sp³-hybridized carbons (Fsp3) is 0.429. The van der Waals surface area contributed by atoms with E-state index in [1.165, 1.54) is 0 Å². The minimum Gasteiger partial charge on any atom is -0.349 e. The summed E-state index contributed by atoms with van der Waals surface area (Å²) < 4.78 is 0. The smallest absolute Gasteiger partial charge is 0.246 e. The summed E-state index contributed by atoms with van der Waals surface area (Å²) in [4.78, 5) is 57.1. The number of rotatable bonds is 2. The monoisotopic (exact) mass is 488 g/mol. The summed E-state index contributed by atoms with van der Waals surface area (Å²) in [6.45, 7) is 1.00. The van der Waals surface area contributed by atoms with E-state index >= 15 is 0 Å². The largest absolute Gasteiger partial charge is 0.349 e. The lowest BCUT2D eigenvalue weighted by Gasteiger charge is -2.33. The Morgan fingerprint density at radius 1 is 0.639 bits per heavy atom. The van der Waals surface area contributed by atoms with Crippen molar-refractivity contribution < 1.29 is 19.2 Å². The fourth-order valence-corrected chi connectivity index (χ4v) is 5.69. The second-order valence-electron chi connectivity index (χ2n) is 9.85. The predicted octanol–water partition coefficient (Wildman–Crippen LogP) is 2.48. The van der Waals surface area contributed by atoms with Crippen LogP contribution in [0.4, 0.5) is 0 Å². The Labute approximate surface area is 211 Å². The van der Waals surface area contributed by atoms with Crippen molar-refractivity contribution in [3.05, 3.63) is 71.8 Å². The molecule has 5 rings (SSSR count). The number of carbonyl (C=O) groups is 4. The van der Waals surface area contributed by atoms with Gasteiger partial charge in [0.15, 0.2) is 0 Å². The van der Waals surface area contributed by atoms with E-state index in [-0.39, 0.29) is 36.5 Å². The van der Waals surface area contributed by atoms with Gasteiger partial charge in [-0.2, -0.15) is 0 Å². The van der Waals surface area contributed by atoms with Crippen LogP contribution in [0.5, 0.6) is 0 Å². The van der Waals surface area contributed by atoms with Crippen molar-refractivity contribution in [2.45, 2.75) is 62.7 Å². The van der Waals surface area contributed by atoms with E-state index < -0.39 is 24.2 Å². The molecule has 3 aliphatic heterocycles. The molecule has 0 unspecified atom stereocenters. The van der Waals surface area contributed by atoms with Crippen LogP contribution < -0.4 is 10.6 Å². The molecule has 36 heavy (non-hydrogen) atoms. The minimum atomic E-state index is -0.593. The van der Waals surface area contributed by atoms with Crippen LogP contribution in [0.25, 0.3) is 0 Å². The van der Waals surface area contributed by atoms with Gasteiger partial charge in [0, 0.05) is 13.1 Å². The average Bonchev–Trinajstić information content (AvgIpc) is 3.58. The van der Waals surface area contributed by atoms with Crippen molar-refractivity contribution in [2.24, 2.45) is 0 Å². The molecule has 0 spiro atoms. The Hall–Kier alpha value is -3.68. The summed E-state index contributed by atoms with van der Waals surface area (Å²) in [6, 6.07) is 16.6. The molecule has 0 aliphatic carbocycles. The molecular weight excluding hydrogens is 456 g/mol. The van der Waals surface area contributed by atoms with Gasteiger partial charge in [0.05, 0.1) is 24.9 Å². The summed E-state index contributed by atoms with van der Waals surface area (Å²) in [7, 11) is 0. The van der Waals surface area contributed by atoms with E-state index in [9.17, 15) is 19.2 Å². The molecule has 188 valence electrons. The fourth-order valence-electron chi connectivity index (χ4n) is 5.69. The molecule has 0 radical (unpaired) electrons. The van der Waals surface area contributed by atoms with Crippen molar-refractivity contribution in [1.29, 1.82) is 0 Å². The minimum absolute atomic E-state index is 0.0281. The maximum atomic E-state index is 13.6. The Balaban J connectivity index is 1.50. The first-order chi connectivity index (χ1) is 17.5. The van der Waals surface area contributed by atoms with Gasteiger partial charge in [-0.3, -0.25) is 19.2 Å². The van der Waals surface area contributed by atoms with Crippen LogP contribution in [0.2, 0.25) is 0 Å². The SMILES string of the molecule is O=C1C[C@@H](c2ccccc2)NC(=O)[C@@H]2CCCN2C(=O)[C@@H]2CCCN2C(=O)C[C@@H](c2ccccc2)N1. The van der Waals surface area contributed by atoms with Crippen molar-refractivity contribution in [2.75, 3.05) is 13.1 Å². The van der Waals surface area contributed by atoms with Gasteiger partial charge < -0.3 is 20.4 Å². The van der Waals surface area contributed by atoms with E-state index in [4.69, 9.17) is 0 Å². The first kappa shape index (κ1) is 24.0. The number of carbonyl (C=O) groups excluding carboxylic acids is 4. The highest BCUT2D eigenvalue weighted by Crippen LogP contribution is 2.29. The van der Waals surface area contributed by atoms with Crippen LogP contribution in [0.15, 0.2) is 60.7 Å². The third-order valence-electron chi connectivity index (χ3n) is 7.52. The van der Waals surface area contributed by atoms with Crippen molar-refractivity contribution in [3.63, 3.8) is 0 Å². The number of hydrogen-bond donors (Lipinski definition) is 2. The van der Waals surface area contributed by atoms with Crippen LogP contribution in [0.3, 0.4) is 0 Å². The van der Waals surface area contributed by atoms with Gasteiger partial charge in [0.25, 0.3) is 0 Å². The molecule has 2 aromatic rings. The molecule has 3 fully saturated rings. The van der Waals surface area contributed by atoms with Gasteiger partial charge in [0.2, 0.25) is 23.6 Å². The maximum Gasteiger partial charge on any atom is 0.246 e. The molecule has 2 N–H and O–H groups in total. The van der Waals surface area contributed by atoms with Crippen molar-refractivity contribution >= 4 is 23.6 Å². The molecule has 2 aromatic carbocycles. The zero-order valence-electron chi connectivity index (χ0n) is 20.3. The molecule has 3 aliphatic rings. The highest BCUT2D eigenvalue weighted by atomic mass is 16.2. The van der Waals surface area contributed by atoms with Crippen LogP contribution in [-0.2, 0) is 19.2 Å². The molecule has 3 heterocycles. The van der Waals surface area contributed by atoms with E-state index in [0.717, 1.165) is 24.0 Å². The van der Waals surface area contributed by atoms with Gasteiger partial charge in [0.1, 0.15) is 12.1 Å². The third kappa shape index (κ3) is 4.98. The first-order valence-electron chi connectivity index (χ1n) is 12.8. The summed E-state index contributed by atoms with van der Waals surface area (Å²) in [5.41, 5.74) is 1.64. The summed E-state index contributed by atoms with van der Waals surface area (Å²) >= 11 is 0. The van der Waals surface area contributed by atoms with Crippen LogP contribution in [-0.4, -0.2) is 58.6 Å². The van der Waals surface area contributed by atoms with Gasteiger partial charge in [-0.25, -0.2) is 0 Å². The highest BCUT2D eigenvalue weighted by Gasteiger charge is 2.43. The summed E-state index contributed by atoms with van der Waals surface area (Å²) in [5.74, 6) is -0.806. The lowest BCUT2D eigenvalue weighted by molar-refractivity contribution is -0.147. The topological polar surface area (TPSA) is 98.8 Å². The van der Waals surface area contributed by atoms with Gasteiger partial charge >= 0.3 is 0 Å². The zero-order chi connectivity index (χ0) is 25.1. The number of nitrogens with zero attached hydrogens (tertiary/aromatic N) is 2. The zero-order valence-corrected chi connectivity index (χ0v) is 20.3. The third-order valence-corrected chi connectivity index (χ3v) is 7.52. The van der Waals surface area contributed by atoms with E-state index in [2.05, 4.69) is 10.6 Å². The Morgan fingerprint density at radius 3 is 1.83 bits per heavy atom. The molecule has 4 amide bonds. The number of nitrogens with one attached hydrogen (secondary N) is 2. The summed E-state index contributed by atoms with van der Waals surface area (Å²) in [5, 5.41) is 6.09. The number of benzene rings is 2. The van der Waals surface area contributed by atoms with Crippen LogP contribution in [0.1, 0.15) is 61.7 Å². The highest BCUT2D eigenvalue weighted by molar-refractivity contribution is 5.93. The summed E-state index contributed by atoms with van der Waals surface area (Å²) in [6.07, 6.45) is 2.74.